The normalized spacial score (nSPS) is 12.2. The Bertz CT molecular complexity index is 146. The van der Waals surface area contributed by atoms with Gasteiger partial charge in [0.1, 0.15) is 0 Å². The SMILES string of the molecule is C=C(C)CC(CO)(CO)C(C)C. The predicted molar refractivity (Wildman–Crippen MR) is 50.9 cm³/mol. The molecule has 0 heterocycles. The van der Waals surface area contributed by atoms with E-state index in [1.54, 1.807) is 0 Å². The van der Waals surface area contributed by atoms with Gasteiger partial charge in [-0.1, -0.05) is 19.4 Å². The zero-order valence-corrected chi connectivity index (χ0v) is 8.30. The Morgan fingerprint density at radius 2 is 1.75 bits per heavy atom. The molecule has 0 aromatic rings. The number of hydrogen-bond donors (Lipinski definition) is 2. The summed E-state index contributed by atoms with van der Waals surface area (Å²) in [4.78, 5) is 0. The zero-order chi connectivity index (χ0) is 9.78. The Hall–Kier alpha value is -0.340. The lowest BCUT2D eigenvalue weighted by molar-refractivity contribution is 0.0164. The molecule has 0 saturated heterocycles. The van der Waals surface area contributed by atoms with Gasteiger partial charge in [0.15, 0.2) is 0 Å². The number of rotatable bonds is 5. The van der Waals surface area contributed by atoms with E-state index in [4.69, 9.17) is 0 Å². The van der Waals surface area contributed by atoms with Crippen molar-refractivity contribution in [1.82, 2.24) is 0 Å². The summed E-state index contributed by atoms with van der Waals surface area (Å²) in [5.74, 6) is 0.268. The highest BCUT2D eigenvalue weighted by molar-refractivity contribution is 4.98. The quantitative estimate of drug-likeness (QED) is 0.618. The highest BCUT2D eigenvalue weighted by Crippen LogP contribution is 2.32. The molecule has 0 saturated carbocycles. The van der Waals surface area contributed by atoms with Gasteiger partial charge in [-0.25, -0.2) is 0 Å². The van der Waals surface area contributed by atoms with Crippen LogP contribution in [0.2, 0.25) is 0 Å². The summed E-state index contributed by atoms with van der Waals surface area (Å²) in [6, 6.07) is 0. The molecule has 0 bridgehead atoms. The molecular formula is C10H20O2. The van der Waals surface area contributed by atoms with Crippen LogP contribution < -0.4 is 0 Å². The average molecular weight is 172 g/mol. The van der Waals surface area contributed by atoms with Gasteiger partial charge in [0.05, 0.1) is 13.2 Å². The van der Waals surface area contributed by atoms with E-state index in [1.807, 2.05) is 20.8 Å². The molecular weight excluding hydrogens is 152 g/mol. The van der Waals surface area contributed by atoms with Gasteiger partial charge in [-0.2, -0.15) is 0 Å². The topological polar surface area (TPSA) is 40.5 Å². The fraction of sp³-hybridized carbons (Fsp3) is 0.800. The van der Waals surface area contributed by atoms with Crippen molar-refractivity contribution >= 4 is 0 Å². The maximum Gasteiger partial charge on any atom is 0.0514 e. The second-order valence-electron chi connectivity index (χ2n) is 3.97. The van der Waals surface area contributed by atoms with Crippen molar-refractivity contribution < 1.29 is 10.2 Å². The summed E-state index contributed by atoms with van der Waals surface area (Å²) in [6.07, 6.45) is 0.692. The molecule has 0 spiro atoms. The van der Waals surface area contributed by atoms with Crippen LogP contribution in [0.4, 0.5) is 0 Å². The number of aliphatic hydroxyl groups is 2. The second kappa shape index (κ2) is 4.63. The minimum Gasteiger partial charge on any atom is -0.396 e. The van der Waals surface area contributed by atoms with Gasteiger partial charge >= 0.3 is 0 Å². The van der Waals surface area contributed by atoms with Gasteiger partial charge in [-0.3, -0.25) is 0 Å². The van der Waals surface area contributed by atoms with Crippen LogP contribution in [0.1, 0.15) is 27.2 Å². The molecule has 12 heavy (non-hydrogen) atoms. The molecule has 0 aromatic heterocycles. The summed E-state index contributed by atoms with van der Waals surface area (Å²) < 4.78 is 0. The van der Waals surface area contributed by atoms with Crippen molar-refractivity contribution in [3.05, 3.63) is 12.2 Å². The highest BCUT2D eigenvalue weighted by atomic mass is 16.3. The molecule has 72 valence electrons. The van der Waals surface area contributed by atoms with E-state index in [0.717, 1.165) is 5.57 Å². The van der Waals surface area contributed by atoms with Crippen LogP contribution >= 0.6 is 0 Å². The van der Waals surface area contributed by atoms with Crippen molar-refractivity contribution in [3.63, 3.8) is 0 Å². The van der Waals surface area contributed by atoms with Crippen molar-refractivity contribution in [2.75, 3.05) is 13.2 Å². The minimum absolute atomic E-state index is 0.0219. The summed E-state index contributed by atoms with van der Waals surface area (Å²) in [6.45, 7) is 9.78. The van der Waals surface area contributed by atoms with Crippen LogP contribution in [0.25, 0.3) is 0 Å². The van der Waals surface area contributed by atoms with E-state index in [-0.39, 0.29) is 24.5 Å². The lowest BCUT2D eigenvalue weighted by atomic mass is 9.74. The van der Waals surface area contributed by atoms with Crippen LogP contribution in [0, 0.1) is 11.3 Å². The maximum atomic E-state index is 9.19. The zero-order valence-electron chi connectivity index (χ0n) is 8.30. The van der Waals surface area contributed by atoms with Gasteiger partial charge in [0.25, 0.3) is 0 Å². The molecule has 2 heteroatoms. The highest BCUT2D eigenvalue weighted by Gasteiger charge is 2.32. The third kappa shape index (κ3) is 2.61. The summed E-state index contributed by atoms with van der Waals surface area (Å²) in [5, 5.41) is 18.4. The molecule has 0 rings (SSSR count). The van der Waals surface area contributed by atoms with E-state index in [2.05, 4.69) is 6.58 Å². The van der Waals surface area contributed by atoms with Crippen LogP contribution in [-0.4, -0.2) is 23.4 Å². The number of aliphatic hydroxyl groups excluding tert-OH is 2. The van der Waals surface area contributed by atoms with Crippen molar-refractivity contribution in [2.24, 2.45) is 11.3 Å². The molecule has 0 radical (unpaired) electrons. The Morgan fingerprint density at radius 1 is 1.33 bits per heavy atom. The van der Waals surface area contributed by atoms with Gasteiger partial charge in [-0.05, 0) is 19.3 Å². The smallest absolute Gasteiger partial charge is 0.0514 e. The fourth-order valence-electron chi connectivity index (χ4n) is 1.33. The number of allylic oxidation sites excluding steroid dienone is 1. The summed E-state index contributed by atoms with van der Waals surface area (Å²) >= 11 is 0. The fourth-order valence-corrected chi connectivity index (χ4v) is 1.33. The summed E-state index contributed by atoms with van der Waals surface area (Å²) in [5.41, 5.74) is 0.623. The van der Waals surface area contributed by atoms with Crippen LogP contribution in [-0.2, 0) is 0 Å². The molecule has 0 amide bonds. The number of hydrogen-bond acceptors (Lipinski definition) is 2. The Balaban J connectivity index is 4.46. The van der Waals surface area contributed by atoms with E-state index >= 15 is 0 Å². The standard InChI is InChI=1S/C10H20O2/c1-8(2)5-10(6-11,7-12)9(3)4/h9,11-12H,1,5-7H2,2-4H3. The van der Waals surface area contributed by atoms with Crippen molar-refractivity contribution in [1.29, 1.82) is 0 Å². The Kier molecular flexibility index (Phi) is 4.50. The van der Waals surface area contributed by atoms with Gasteiger partial charge in [0, 0.05) is 5.41 Å². The Labute approximate surface area is 74.9 Å². The molecule has 0 aliphatic carbocycles. The molecule has 0 atom stereocenters. The third-order valence-electron chi connectivity index (χ3n) is 2.51. The Morgan fingerprint density at radius 3 is 1.83 bits per heavy atom. The lowest BCUT2D eigenvalue weighted by Crippen LogP contribution is -2.35. The van der Waals surface area contributed by atoms with E-state index in [9.17, 15) is 10.2 Å². The van der Waals surface area contributed by atoms with Gasteiger partial charge < -0.3 is 10.2 Å². The van der Waals surface area contributed by atoms with Crippen LogP contribution in [0.5, 0.6) is 0 Å². The molecule has 2 nitrogen and oxygen atoms in total. The molecule has 2 N–H and O–H groups in total. The molecule has 0 aliphatic heterocycles. The third-order valence-corrected chi connectivity index (χ3v) is 2.51. The molecule has 0 aromatic carbocycles. The van der Waals surface area contributed by atoms with Gasteiger partial charge in [-0.15, -0.1) is 6.58 Å². The maximum absolute atomic E-state index is 9.19. The first-order chi connectivity index (χ1) is 5.48. The van der Waals surface area contributed by atoms with Crippen molar-refractivity contribution in [3.8, 4) is 0 Å². The van der Waals surface area contributed by atoms with E-state index < -0.39 is 0 Å². The predicted octanol–water partition coefficient (Wildman–Crippen LogP) is 1.58. The first-order valence-electron chi connectivity index (χ1n) is 4.34. The minimum atomic E-state index is -0.383. The van der Waals surface area contributed by atoms with Gasteiger partial charge in [0.2, 0.25) is 0 Å². The van der Waals surface area contributed by atoms with E-state index in [0.29, 0.717) is 6.42 Å². The molecule has 0 fully saturated rings. The molecule has 0 aliphatic rings. The van der Waals surface area contributed by atoms with Crippen LogP contribution in [0.3, 0.4) is 0 Å². The molecule has 0 unspecified atom stereocenters. The van der Waals surface area contributed by atoms with Crippen molar-refractivity contribution in [2.45, 2.75) is 27.2 Å². The first kappa shape index (κ1) is 11.7. The summed E-state index contributed by atoms with van der Waals surface area (Å²) in [7, 11) is 0. The average Bonchev–Trinajstić information content (AvgIpc) is 1.99. The lowest BCUT2D eigenvalue weighted by Gasteiger charge is -2.34. The second-order valence-corrected chi connectivity index (χ2v) is 3.97. The van der Waals surface area contributed by atoms with E-state index in [1.165, 1.54) is 0 Å². The van der Waals surface area contributed by atoms with Crippen LogP contribution in [0.15, 0.2) is 12.2 Å². The largest absolute Gasteiger partial charge is 0.396 e. The first-order valence-corrected chi connectivity index (χ1v) is 4.34. The monoisotopic (exact) mass is 172 g/mol.